The minimum absolute atomic E-state index is 0.113. The van der Waals surface area contributed by atoms with Crippen LogP contribution < -0.4 is 4.74 Å². The Bertz CT molecular complexity index is 1500. The summed E-state index contributed by atoms with van der Waals surface area (Å²) in [7, 11) is 0. The number of aromatic hydroxyl groups is 1. The first-order valence-electron chi connectivity index (χ1n) is 10.6. The number of nitrogens with zero attached hydrogens (tertiary/aromatic N) is 2. The maximum Gasteiger partial charge on any atom is 0.217 e. The molecular weight excluding hydrogens is 514 g/mol. The lowest BCUT2D eigenvalue weighted by molar-refractivity contribution is -0.0202. The summed E-state index contributed by atoms with van der Waals surface area (Å²) < 4.78 is 6.31. The summed E-state index contributed by atoms with van der Waals surface area (Å²) in [6.45, 7) is 0. The molecule has 6 rings (SSSR count). The first-order chi connectivity index (χ1) is 16.4. The smallest absolute Gasteiger partial charge is 0.217 e. The van der Waals surface area contributed by atoms with E-state index in [1.165, 1.54) is 6.07 Å². The molecule has 4 nitrogen and oxygen atoms in total. The molecule has 0 aliphatic carbocycles. The van der Waals surface area contributed by atoms with Crippen LogP contribution in [0.3, 0.4) is 0 Å². The van der Waals surface area contributed by atoms with Gasteiger partial charge in [-0.2, -0.15) is 5.10 Å². The molecule has 2 heterocycles. The predicted molar refractivity (Wildman–Crippen MR) is 138 cm³/mol. The molecule has 34 heavy (non-hydrogen) atoms. The molecule has 1 N–H and O–H groups in total. The maximum absolute atomic E-state index is 10.8. The van der Waals surface area contributed by atoms with Crippen molar-refractivity contribution in [1.29, 1.82) is 0 Å². The maximum atomic E-state index is 10.8. The van der Waals surface area contributed by atoms with Crippen LogP contribution in [-0.2, 0) is 0 Å². The molecular formula is C26H16Cl4N2O2. The summed E-state index contributed by atoms with van der Waals surface area (Å²) in [6, 6.07) is 20.9. The van der Waals surface area contributed by atoms with E-state index in [4.69, 9.17) is 56.2 Å². The second-order valence-electron chi connectivity index (χ2n) is 8.31. The van der Waals surface area contributed by atoms with Crippen LogP contribution in [0, 0.1) is 0 Å². The molecule has 2 atom stereocenters. The second kappa shape index (κ2) is 8.24. The van der Waals surface area contributed by atoms with Crippen molar-refractivity contribution in [1.82, 2.24) is 5.01 Å². The van der Waals surface area contributed by atoms with Crippen LogP contribution in [0.1, 0.15) is 35.4 Å². The third kappa shape index (κ3) is 3.57. The van der Waals surface area contributed by atoms with E-state index in [1.807, 2.05) is 23.2 Å². The van der Waals surface area contributed by atoms with Gasteiger partial charge in [-0.25, -0.2) is 5.01 Å². The molecule has 0 amide bonds. The summed E-state index contributed by atoms with van der Waals surface area (Å²) in [4.78, 5) is 0. The number of rotatable bonds is 2. The lowest BCUT2D eigenvalue weighted by Crippen LogP contribution is -2.34. The number of benzene rings is 4. The Hall–Kier alpha value is -2.63. The minimum Gasteiger partial charge on any atom is -0.506 e. The van der Waals surface area contributed by atoms with Crippen LogP contribution in [0.15, 0.2) is 71.8 Å². The van der Waals surface area contributed by atoms with E-state index in [9.17, 15) is 5.11 Å². The van der Waals surface area contributed by atoms with Crippen LogP contribution in [0.25, 0.3) is 10.8 Å². The van der Waals surface area contributed by atoms with Gasteiger partial charge >= 0.3 is 0 Å². The standard InChI is InChI=1S/C26H16Cl4N2O2/c27-16-8-18-23-12-22(15-6-5-13-3-1-2-4-14(13)7-15)31-32(23)26(34-25(18)21(30)11-16)19-9-17(28)10-20(29)24(19)33/h1-11,23,26,33H,12H2. The largest absolute Gasteiger partial charge is 0.506 e. The van der Waals surface area contributed by atoms with Crippen molar-refractivity contribution in [3.63, 3.8) is 0 Å². The van der Waals surface area contributed by atoms with Gasteiger partial charge in [-0.05, 0) is 46.7 Å². The van der Waals surface area contributed by atoms with E-state index in [0.29, 0.717) is 32.8 Å². The molecule has 2 aliphatic rings. The van der Waals surface area contributed by atoms with Crippen LogP contribution in [-0.4, -0.2) is 15.8 Å². The Balaban J connectivity index is 1.51. The molecule has 0 fully saturated rings. The molecule has 0 saturated carbocycles. The number of halogens is 4. The number of hydrazone groups is 1. The molecule has 0 spiro atoms. The third-order valence-corrected chi connectivity index (χ3v) is 7.22. The SMILES string of the molecule is Oc1c(Cl)cc(Cl)cc1C1Oc2c(Cl)cc(Cl)cc2C2CC(c3ccc4ccccc4c3)=NN21. The number of ether oxygens (including phenoxy) is 1. The van der Waals surface area contributed by atoms with Crippen molar-refractivity contribution < 1.29 is 9.84 Å². The lowest BCUT2D eigenvalue weighted by atomic mass is 9.95. The average Bonchev–Trinajstić information content (AvgIpc) is 3.27. The predicted octanol–water partition coefficient (Wildman–Crippen LogP) is 8.40. The van der Waals surface area contributed by atoms with Gasteiger partial charge in [0, 0.05) is 22.0 Å². The van der Waals surface area contributed by atoms with Gasteiger partial charge in [0.1, 0.15) is 11.5 Å². The van der Waals surface area contributed by atoms with E-state index in [-0.39, 0.29) is 16.8 Å². The highest BCUT2D eigenvalue weighted by Gasteiger charge is 2.43. The summed E-state index contributed by atoms with van der Waals surface area (Å²) >= 11 is 25.4. The molecule has 8 heteroatoms. The first-order valence-corrected chi connectivity index (χ1v) is 12.1. The van der Waals surface area contributed by atoms with Gasteiger partial charge in [0.2, 0.25) is 6.23 Å². The molecule has 0 radical (unpaired) electrons. The lowest BCUT2D eigenvalue weighted by Gasteiger charge is -2.38. The quantitative estimate of drug-likeness (QED) is 0.283. The summed E-state index contributed by atoms with van der Waals surface area (Å²) in [5, 5.41) is 21.2. The fraction of sp³-hybridized carbons (Fsp3) is 0.115. The number of hydrogen-bond donors (Lipinski definition) is 1. The van der Waals surface area contributed by atoms with E-state index in [0.717, 1.165) is 27.6 Å². The highest BCUT2D eigenvalue weighted by molar-refractivity contribution is 6.36. The van der Waals surface area contributed by atoms with Gasteiger partial charge < -0.3 is 9.84 Å². The Morgan fingerprint density at radius 3 is 2.32 bits per heavy atom. The number of fused-ring (bicyclic) bond motifs is 4. The highest BCUT2D eigenvalue weighted by Crippen LogP contribution is 2.52. The zero-order valence-electron chi connectivity index (χ0n) is 17.5. The van der Waals surface area contributed by atoms with Crippen LogP contribution in [0.5, 0.6) is 11.5 Å². The zero-order chi connectivity index (χ0) is 23.6. The number of phenols is 1. The molecule has 2 aliphatic heterocycles. The normalized spacial score (nSPS) is 18.9. The number of hydrogen-bond acceptors (Lipinski definition) is 4. The Morgan fingerprint density at radius 2 is 1.53 bits per heavy atom. The van der Waals surface area contributed by atoms with Gasteiger partial charge in [0.15, 0.2) is 0 Å². The Morgan fingerprint density at radius 1 is 0.824 bits per heavy atom. The van der Waals surface area contributed by atoms with Crippen molar-refractivity contribution >= 4 is 62.9 Å². The fourth-order valence-corrected chi connectivity index (χ4v) is 5.70. The summed E-state index contributed by atoms with van der Waals surface area (Å²) in [5.74, 6) is 0.389. The summed E-state index contributed by atoms with van der Waals surface area (Å²) in [5.41, 5.74) is 3.14. The summed E-state index contributed by atoms with van der Waals surface area (Å²) in [6.07, 6.45) is -0.179. The van der Waals surface area contributed by atoms with Crippen molar-refractivity contribution in [3.05, 3.63) is 104 Å². The monoisotopic (exact) mass is 528 g/mol. The Kier molecular flexibility index (Phi) is 5.30. The zero-order valence-corrected chi connectivity index (χ0v) is 20.5. The molecule has 0 saturated heterocycles. The van der Waals surface area contributed by atoms with Crippen LogP contribution in [0.2, 0.25) is 20.1 Å². The first kappa shape index (κ1) is 21.9. The minimum atomic E-state index is -0.787. The fourth-order valence-electron chi connectivity index (χ4n) is 4.64. The molecule has 2 unspecified atom stereocenters. The van der Waals surface area contributed by atoms with E-state index >= 15 is 0 Å². The Labute approximate surface area is 215 Å². The molecule has 0 bridgehead atoms. The van der Waals surface area contributed by atoms with Gasteiger partial charge in [-0.3, -0.25) is 0 Å². The van der Waals surface area contributed by atoms with Gasteiger partial charge in [0.25, 0.3) is 0 Å². The van der Waals surface area contributed by atoms with E-state index in [1.54, 1.807) is 12.1 Å². The molecule has 4 aromatic rings. The third-order valence-electron chi connectivity index (χ3n) is 6.21. The van der Waals surface area contributed by atoms with Crippen molar-refractivity contribution in [2.75, 3.05) is 0 Å². The number of phenolic OH excluding ortho intramolecular Hbond substituents is 1. The average molecular weight is 530 g/mol. The van der Waals surface area contributed by atoms with Crippen molar-refractivity contribution in [2.45, 2.75) is 18.7 Å². The topological polar surface area (TPSA) is 45.1 Å². The highest BCUT2D eigenvalue weighted by atomic mass is 35.5. The van der Waals surface area contributed by atoms with Gasteiger partial charge in [0.05, 0.1) is 27.4 Å². The second-order valence-corrected chi connectivity index (χ2v) is 10.00. The van der Waals surface area contributed by atoms with Crippen LogP contribution in [0.4, 0.5) is 0 Å². The molecule has 170 valence electrons. The molecule has 0 aromatic heterocycles. The van der Waals surface area contributed by atoms with Crippen molar-refractivity contribution in [3.8, 4) is 11.5 Å². The van der Waals surface area contributed by atoms with Crippen molar-refractivity contribution in [2.24, 2.45) is 5.10 Å². The van der Waals surface area contributed by atoms with Gasteiger partial charge in [-0.15, -0.1) is 0 Å². The molecule has 4 aromatic carbocycles. The van der Waals surface area contributed by atoms with E-state index < -0.39 is 6.23 Å². The van der Waals surface area contributed by atoms with Crippen LogP contribution >= 0.6 is 46.4 Å². The van der Waals surface area contributed by atoms with Gasteiger partial charge in [-0.1, -0.05) is 82.8 Å². The van der Waals surface area contributed by atoms with E-state index in [2.05, 4.69) is 30.3 Å².